The lowest BCUT2D eigenvalue weighted by Gasteiger charge is -2.46. The first kappa shape index (κ1) is 12.9. The third kappa shape index (κ3) is 2.73. The van der Waals surface area contributed by atoms with Crippen LogP contribution in [0, 0.1) is 11.8 Å². The van der Waals surface area contributed by atoms with Crippen LogP contribution in [-0.2, 0) is 4.74 Å². The molecule has 2 N–H and O–H groups in total. The van der Waals surface area contributed by atoms with Crippen molar-refractivity contribution in [1.82, 2.24) is 4.90 Å². The van der Waals surface area contributed by atoms with Crippen molar-refractivity contribution >= 4 is 0 Å². The van der Waals surface area contributed by atoms with Crippen molar-refractivity contribution in [3.63, 3.8) is 0 Å². The summed E-state index contributed by atoms with van der Waals surface area (Å²) in [5, 5.41) is 0. The van der Waals surface area contributed by atoms with E-state index in [0.29, 0.717) is 12.0 Å². The molecule has 3 nitrogen and oxygen atoms in total. The summed E-state index contributed by atoms with van der Waals surface area (Å²) in [7, 11) is 0. The van der Waals surface area contributed by atoms with Gasteiger partial charge < -0.3 is 10.5 Å². The molecule has 0 amide bonds. The Labute approximate surface area is 111 Å². The van der Waals surface area contributed by atoms with E-state index in [1.807, 2.05) is 0 Å². The van der Waals surface area contributed by atoms with Crippen LogP contribution in [0.15, 0.2) is 0 Å². The lowest BCUT2D eigenvalue weighted by molar-refractivity contribution is -0.00532. The molecule has 2 heterocycles. The molecular weight excluding hydrogens is 224 g/mol. The van der Waals surface area contributed by atoms with Crippen LogP contribution in [0.1, 0.15) is 44.9 Å². The molecule has 104 valence electrons. The maximum Gasteiger partial charge on any atom is 0.0521 e. The number of ether oxygens (including phenoxy) is 1. The number of hydrogen-bond acceptors (Lipinski definition) is 3. The van der Waals surface area contributed by atoms with E-state index >= 15 is 0 Å². The fourth-order valence-electron chi connectivity index (χ4n) is 4.26. The Bertz CT molecular complexity index is 269. The molecule has 0 bridgehead atoms. The van der Waals surface area contributed by atoms with E-state index in [2.05, 4.69) is 4.90 Å². The first-order valence-electron chi connectivity index (χ1n) is 7.92. The topological polar surface area (TPSA) is 38.5 Å². The molecule has 3 rings (SSSR count). The second-order valence-corrected chi connectivity index (χ2v) is 6.54. The molecule has 3 heteroatoms. The molecule has 0 aromatic carbocycles. The minimum atomic E-state index is 0.364. The third-order valence-electron chi connectivity index (χ3n) is 5.36. The fraction of sp³-hybridized carbons (Fsp3) is 1.00. The maximum atomic E-state index is 6.26. The Kier molecular flexibility index (Phi) is 4.22. The molecule has 4 atom stereocenters. The lowest BCUT2D eigenvalue weighted by Crippen LogP contribution is -2.52. The summed E-state index contributed by atoms with van der Waals surface area (Å²) >= 11 is 0. The van der Waals surface area contributed by atoms with Crippen LogP contribution in [0.4, 0.5) is 0 Å². The molecule has 2 saturated heterocycles. The molecule has 0 aromatic heterocycles. The summed E-state index contributed by atoms with van der Waals surface area (Å²) in [6.45, 7) is 4.23. The largest absolute Gasteiger partial charge is 0.381 e. The Morgan fingerprint density at radius 3 is 2.78 bits per heavy atom. The summed E-state index contributed by atoms with van der Waals surface area (Å²) in [6, 6.07) is 1.23. The molecular formula is C15H28N2O. The van der Waals surface area contributed by atoms with Crippen LogP contribution in [0.25, 0.3) is 0 Å². The van der Waals surface area contributed by atoms with Gasteiger partial charge in [0.2, 0.25) is 0 Å². The third-order valence-corrected chi connectivity index (χ3v) is 5.36. The highest BCUT2D eigenvalue weighted by Crippen LogP contribution is 2.35. The molecule has 0 spiro atoms. The number of rotatable bonds is 2. The van der Waals surface area contributed by atoms with Gasteiger partial charge in [-0.15, -0.1) is 0 Å². The van der Waals surface area contributed by atoms with Gasteiger partial charge in [-0.2, -0.15) is 0 Å². The quantitative estimate of drug-likeness (QED) is 0.817. The minimum absolute atomic E-state index is 0.364. The normalized spacial score (nSPS) is 42.5. The van der Waals surface area contributed by atoms with E-state index in [0.717, 1.165) is 31.6 Å². The smallest absolute Gasteiger partial charge is 0.0521 e. The predicted octanol–water partition coefficient (Wildman–Crippen LogP) is 2.00. The summed E-state index contributed by atoms with van der Waals surface area (Å²) < 4.78 is 5.62. The van der Waals surface area contributed by atoms with Crippen LogP contribution in [0.2, 0.25) is 0 Å². The Balaban J connectivity index is 1.60. The molecule has 3 fully saturated rings. The van der Waals surface area contributed by atoms with Crippen molar-refractivity contribution in [3.05, 3.63) is 0 Å². The van der Waals surface area contributed by atoms with E-state index in [-0.39, 0.29) is 0 Å². The van der Waals surface area contributed by atoms with Crippen molar-refractivity contribution in [2.45, 2.75) is 57.0 Å². The van der Waals surface area contributed by atoms with Gasteiger partial charge in [-0.25, -0.2) is 0 Å². The van der Waals surface area contributed by atoms with Gasteiger partial charge in [0.05, 0.1) is 6.61 Å². The second-order valence-electron chi connectivity index (χ2n) is 6.54. The fourth-order valence-corrected chi connectivity index (χ4v) is 4.26. The average molecular weight is 252 g/mol. The highest BCUT2D eigenvalue weighted by atomic mass is 16.5. The van der Waals surface area contributed by atoms with Gasteiger partial charge in [0, 0.05) is 31.2 Å². The number of fused-ring (bicyclic) bond motifs is 1. The van der Waals surface area contributed by atoms with Crippen LogP contribution in [-0.4, -0.2) is 43.3 Å². The number of piperidine rings is 1. The number of nitrogens with two attached hydrogens (primary N) is 1. The summed E-state index contributed by atoms with van der Waals surface area (Å²) in [5.41, 5.74) is 6.26. The van der Waals surface area contributed by atoms with Crippen LogP contribution in [0.3, 0.4) is 0 Å². The zero-order valence-electron chi connectivity index (χ0n) is 11.5. The molecule has 0 aromatic rings. The van der Waals surface area contributed by atoms with Gasteiger partial charge >= 0.3 is 0 Å². The molecule has 0 radical (unpaired) electrons. The lowest BCUT2D eigenvalue weighted by atomic mass is 9.78. The second kappa shape index (κ2) is 5.89. The van der Waals surface area contributed by atoms with Gasteiger partial charge in [-0.1, -0.05) is 12.8 Å². The van der Waals surface area contributed by atoms with E-state index in [4.69, 9.17) is 10.5 Å². The van der Waals surface area contributed by atoms with Crippen LogP contribution < -0.4 is 5.73 Å². The van der Waals surface area contributed by atoms with Crippen molar-refractivity contribution in [1.29, 1.82) is 0 Å². The van der Waals surface area contributed by atoms with Crippen molar-refractivity contribution in [2.75, 3.05) is 26.3 Å². The maximum absolute atomic E-state index is 6.26. The first-order valence-corrected chi connectivity index (χ1v) is 7.92. The van der Waals surface area contributed by atoms with Gasteiger partial charge in [-0.3, -0.25) is 4.90 Å². The number of hydrogen-bond donors (Lipinski definition) is 1. The SMILES string of the molecule is NC1CCOCC1CN1CCCC2CCCCC21. The Hall–Kier alpha value is -0.120. The highest BCUT2D eigenvalue weighted by Gasteiger charge is 2.35. The number of likely N-dealkylation sites (tertiary alicyclic amines) is 1. The highest BCUT2D eigenvalue weighted by molar-refractivity contribution is 4.90. The predicted molar refractivity (Wildman–Crippen MR) is 73.5 cm³/mol. The Morgan fingerprint density at radius 1 is 1.06 bits per heavy atom. The zero-order chi connectivity index (χ0) is 12.4. The standard InChI is InChI=1S/C15H28N2O/c16-14-7-9-18-11-13(14)10-17-8-3-5-12-4-1-2-6-15(12)17/h12-15H,1-11,16H2. The molecule has 1 aliphatic carbocycles. The van der Waals surface area contributed by atoms with E-state index < -0.39 is 0 Å². The van der Waals surface area contributed by atoms with E-state index in [9.17, 15) is 0 Å². The molecule has 4 unspecified atom stereocenters. The van der Waals surface area contributed by atoms with Gasteiger partial charge in [0.1, 0.15) is 0 Å². The van der Waals surface area contributed by atoms with Gasteiger partial charge in [-0.05, 0) is 44.6 Å². The first-order chi connectivity index (χ1) is 8.84. The zero-order valence-corrected chi connectivity index (χ0v) is 11.5. The van der Waals surface area contributed by atoms with Crippen molar-refractivity contribution in [2.24, 2.45) is 17.6 Å². The summed E-state index contributed by atoms with van der Waals surface area (Å²) in [5.74, 6) is 1.55. The summed E-state index contributed by atoms with van der Waals surface area (Å²) in [6.07, 6.45) is 9.69. The Morgan fingerprint density at radius 2 is 1.89 bits per heavy atom. The van der Waals surface area contributed by atoms with E-state index in [1.165, 1.54) is 51.6 Å². The van der Waals surface area contributed by atoms with Crippen molar-refractivity contribution < 1.29 is 4.74 Å². The van der Waals surface area contributed by atoms with Gasteiger partial charge in [0.15, 0.2) is 0 Å². The van der Waals surface area contributed by atoms with Gasteiger partial charge in [0.25, 0.3) is 0 Å². The number of nitrogens with zero attached hydrogens (tertiary/aromatic N) is 1. The molecule has 1 saturated carbocycles. The monoisotopic (exact) mass is 252 g/mol. The van der Waals surface area contributed by atoms with Crippen LogP contribution >= 0.6 is 0 Å². The van der Waals surface area contributed by atoms with Crippen molar-refractivity contribution in [3.8, 4) is 0 Å². The summed E-state index contributed by atoms with van der Waals surface area (Å²) in [4.78, 5) is 2.76. The minimum Gasteiger partial charge on any atom is -0.381 e. The van der Waals surface area contributed by atoms with Crippen LogP contribution in [0.5, 0.6) is 0 Å². The average Bonchev–Trinajstić information content (AvgIpc) is 2.42. The van der Waals surface area contributed by atoms with E-state index in [1.54, 1.807) is 0 Å². The molecule has 3 aliphatic rings. The molecule has 2 aliphatic heterocycles. The molecule has 18 heavy (non-hydrogen) atoms.